The van der Waals surface area contributed by atoms with Gasteiger partial charge in [0.1, 0.15) is 0 Å². The Morgan fingerprint density at radius 3 is 2.69 bits per heavy atom. The van der Waals surface area contributed by atoms with Crippen LogP contribution in [0.2, 0.25) is 5.02 Å². The lowest BCUT2D eigenvalue weighted by Gasteiger charge is -2.02. The van der Waals surface area contributed by atoms with E-state index in [0.717, 1.165) is 0 Å². The Bertz CT molecular complexity index is 354. The smallest absolute Gasteiger partial charge is 0.176 e. The number of benzene rings is 1. The number of hydrogen-bond donors (Lipinski definition) is 0. The summed E-state index contributed by atoms with van der Waals surface area (Å²) < 4.78 is 13.8. The predicted molar refractivity (Wildman–Crippen MR) is 57.2 cm³/mol. The first-order chi connectivity index (χ1) is 6.06. The van der Waals surface area contributed by atoms with Crippen molar-refractivity contribution in [2.24, 2.45) is 0 Å². The van der Waals surface area contributed by atoms with Crippen LogP contribution in [-0.4, -0.2) is 11.1 Å². The topological polar surface area (TPSA) is 17.1 Å². The van der Waals surface area contributed by atoms with Gasteiger partial charge in [-0.15, -0.1) is 0 Å². The van der Waals surface area contributed by atoms with Crippen LogP contribution in [0.1, 0.15) is 10.4 Å². The lowest BCUT2D eigenvalue weighted by Crippen LogP contribution is -2.03. The van der Waals surface area contributed by atoms with E-state index in [2.05, 4.69) is 31.9 Å². The Labute approximate surface area is 96.5 Å². The van der Waals surface area contributed by atoms with Gasteiger partial charge in [-0.05, 0) is 12.1 Å². The van der Waals surface area contributed by atoms with E-state index in [-0.39, 0.29) is 21.7 Å². The minimum absolute atomic E-state index is 0.00347. The van der Waals surface area contributed by atoms with Crippen LogP contribution in [0.4, 0.5) is 4.39 Å². The maximum Gasteiger partial charge on any atom is 0.176 e. The first-order valence-corrected chi connectivity index (χ1v) is 5.59. The van der Waals surface area contributed by atoms with Gasteiger partial charge in [-0.2, -0.15) is 0 Å². The van der Waals surface area contributed by atoms with Crippen molar-refractivity contribution in [3.63, 3.8) is 0 Å². The van der Waals surface area contributed by atoms with Gasteiger partial charge in [0.15, 0.2) is 11.6 Å². The molecule has 0 aromatic heterocycles. The first-order valence-electron chi connectivity index (χ1n) is 3.30. The van der Waals surface area contributed by atoms with E-state index in [4.69, 9.17) is 11.6 Å². The Hall–Kier alpha value is 0.0700. The third kappa shape index (κ3) is 2.51. The van der Waals surface area contributed by atoms with E-state index in [9.17, 15) is 9.18 Å². The quantitative estimate of drug-likeness (QED) is 0.458. The van der Waals surface area contributed by atoms with Crippen molar-refractivity contribution in [3.8, 4) is 0 Å². The summed E-state index contributed by atoms with van der Waals surface area (Å²) in [6.45, 7) is 0. The maximum atomic E-state index is 13.2. The molecule has 0 saturated heterocycles. The second kappa shape index (κ2) is 4.53. The van der Waals surface area contributed by atoms with Crippen molar-refractivity contribution in [1.82, 2.24) is 0 Å². The molecule has 0 aliphatic rings. The summed E-state index contributed by atoms with van der Waals surface area (Å²) in [5.41, 5.74) is -0.00347. The molecule has 0 unspecified atom stereocenters. The molecule has 1 rings (SSSR count). The maximum absolute atomic E-state index is 13.2. The minimum atomic E-state index is -0.672. The Balaban J connectivity index is 3.28. The van der Waals surface area contributed by atoms with Crippen molar-refractivity contribution in [1.29, 1.82) is 0 Å². The minimum Gasteiger partial charge on any atom is -0.293 e. The summed E-state index contributed by atoms with van der Waals surface area (Å²) in [4.78, 5) is 11.2. The molecule has 0 aliphatic carbocycles. The van der Waals surface area contributed by atoms with E-state index in [1.54, 1.807) is 0 Å². The van der Waals surface area contributed by atoms with Crippen LogP contribution in [0.3, 0.4) is 0 Å². The first kappa shape index (κ1) is 11.1. The highest BCUT2D eigenvalue weighted by molar-refractivity contribution is 9.10. The molecule has 0 saturated carbocycles. The molecule has 5 heteroatoms. The Morgan fingerprint density at radius 2 is 2.15 bits per heavy atom. The van der Waals surface area contributed by atoms with Gasteiger partial charge in [0.05, 0.1) is 15.9 Å². The standard InChI is InChI=1S/C8H4Br2ClFO/c9-3-7(13)5-1-4(10)2-6(11)8(5)12/h1-2H,3H2. The zero-order valence-electron chi connectivity index (χ0n) is 6.28. The normalized spacial score (nSPS) is 10.2. The summed E-state index contributed by atoms with van der Waals surface area (Å²) in [6.07, 6.45) is 0. The molecule has 0 aliphatic heterocycles. The summed E-state index contributed by atoms with van der Waals surface area (Å²) in [5, 5.41) is 0.0233. The van der Waals surface area contributed by atoms with Crippen LogP contribution in [0.15, 0.2) is 16.6 Å². The van der Waals surface area contributed by atoms with Crippen LogP contribution in [-0.2, 0) is 0 Å². The highest BCUT2D eigenvalue weighted by Crippen LogP contribution is 2.24. The largest absolute Gasteiger partial charge is 0.293 e. The number of hydrogen-bond acceptors (Lipinski definition) is 1. The Morgan fingerprint density at radius 1 is 1.54 bits per heavy atom. The molecule has 0 bridgehead atoms. The third-order valence-corrected chi connectivity index (χ3v) is 2.66. The Kier molecular flexibility index (Phi) is 3.88. The SMILES string of the molecule is O=C(CBr)c1cc(Br)cc(Cl)c1F. The fourth-order valence-corrected chi connectivity index (χ4v) is 1.94. The van der Waals surface area contributed by atoms with Gasteiger partial charge >= 0.3 is 0 Å². The van der Waals surface area contributed by atoms with Crippen LogP contribution >= 0.6 is 43.5 Å². The van der Waals surface area contributed by atoms with Crippen molar-refractivity contribution < 1.29 is 9.18 Å². The van der Waals surface area contributed by atoms with Gasteiger partial charge < -0.3 is 0 Å². The van der Waals surface area contributed by atoms with Crippen LogP contribution in [0.25, 0.3) is 0 Å². The molecule has 1 aromatic carbocycles. The molecule has 0 heterocycles. The number of Topliss-reactive ketones (excluding diaryl/α,β-unsaturated/α-hetero) is 1. The van der Waals surface area contributed by atoms with Gasteiger partial charge in [-0.25, -0.2) is 4.39 Å². The molecule has 13 heavy (non-hydrogen) atoms. The molecule has 0 fully saturated rings. The molecular weight excluding hydrogens is 326 g/mol. The van der Waals surface area contributed by atoms with Crippen molar-refractivity contribution in [3.05, 3.63) is 33.0 Å². The average molecular weight is 330 g/mol. The summed E-state index contributed by atoms with van der Waals surface area (Å²) >= 11 is 11.6. The fraction of sp³-hybridized carbons (Fsp3) is 0.125. The highest BCUT2D eigenvalue weighted by atomic mass is 79.9. The number of alkyl halides is 1. The number of ketones is 1. The van der Waals surface area contributed by atoms with Crippen LogP contribution in [0.5, 0.6) is 0 Å². The molecule has 0 atom stereocenters. The predicted octanol–water partition coefficient (Wildman–Crippen LogP) is 3.82. The van der Waals surface area contributed by atoms with Crippen molar-refractivity contribution in [2.75, 3.05) is 5.33 Å². The molecular formula is C8H4Br2ClFO. The lowest BCUT2D eigenvalue weighted by atomic mass is 10.1. The zero-order valence-corrected chi connectivity index (χ0v) is 10.2. The fourth-order valence-electron chi connectivity index (χ4n) is 0.831. The summed E-state index contributed by atoms with van der Waals surface area (Å²) in [5.74, 6) is -1.00. The van der Waals surface area contributed by atoms with Crippen molar-refractivity contribution in [2.45, 2.75) is 0 Å². The second-order valence-electron chi connectivity index (χ2n) is 2.31. The molecule has 70 valence electrons. The summed E-state index contributed by atoms with van der Waals surface area (Å²) in [7, 11) is 0. The monoisotopic (exact) mass is 328 g/mol. The van der Waals surface area contributed by atoms with Gasteiger partial charge in [0, 0.05) is 4.47 Å². The average Bonchev–Trinajstić information content (AvgIpc) is 2.10. The van der Waals surface area contributed by atoms with E-state index in [0.29, 0.717) is 4.47 Å². The number of carbonyl (C=O) groups is 1. The zero-order chi connectivity index (χ0) is 10.0. The summed E-state index contributed by atoms with van der Waals surface area (Å²) in [6, 6.07) is 2.81. The molecule has 0 spiro atoms. The van der Waals surface area contributed by atoms with Crippen LogP contribution in [0, 0.1) is 5.82 Å². The van der Waals surface area contributed by atoms with Gasteiger partial charge in [0.25, 0.3) is 0 Å². The second-order valence-corrected chi connectivity index (χ2v) is 4.19. The highest BCUT2D eigenvalue weighted by Gasteiger charge is 2.14. The number of halogens is 4. The van der Waals surface area contributed by atoms with Gasteiger partial charge in [-0.3, -0.25) is 4.79 Å². The third-order valence-electron chi connectivity index (χ3n) is 1.41. The number of carbonyl (C=O) groups excluding carboxylic acids is 1. The van der Waals surface area contributed by atoms with E-state index in [1.807, 2.05) is 0 Å². The molecule has 0 N–H and O–H groups in total. The van der Waals surface area contributed by atoms with Crippen molar-refractivity contribution >= 4 is 49.2 Å². The van der Waals surface area contributed by atoms with Gasteiger partial charge in [0.2, 0.25) is 0 Å². The van der Waals surface area contributed by atoms with Gasteiger partial charge in [-0.1, -0.05) is 43.5 Å². The van der Waals surface area contributed by atoms with E-state index in [1.165, 1.54) is 12.1 Å². The number of rotatable bonds is 2. The molecule has 0 amide bonds. The lowest BCUT2D eigenvalue weighted by molar-refractivity contribution is 0.102. The van der Waals surface area contributed by atoms with Crippen LogP contribution < -0.4 is 0 Å². The van der Waals surface area contributed by atoms with E-state index < -0.39 is 5.82 Å². The van der Waals surface area contributed by atoms with E-state index >= 15 is 0 Å². The molecule has 1 nitrogen and oxygen atoms in total. The molecule has 1 aromatic rings. The molecule has 0 radical (unpaired) electrons.